The molecule has 2 nitrogen and oxygen atoms in total. The van der Waals surface area contributed by atoms with Crippen molar-refractivity contribution in [3.8, 4) is 0 Å². The van der Waals surface area contributed by atoms with Crippen LogP contribution < -0.4 is 0 Å². The summed E-state index contributed by atoms with van der Waals surface area (Å²) in [6.07, 6.45) is 3.82. The van der Waals surface area contributed by atoms with E-state index in [1.165, 1.54) is 32.1 Å². The molecular formula is C26H43F3O2. The van der Waals surface area contributed by atoms with Crippen molar-refractivity contribution in [1.29, 1.82) is 0 Å². The van der Waals surface area contributed by atoms with Gasteiger partial charge in [0.15, 0.2) is 0 Å². The second-order valence-electron chi connectivity index (χ2n) is 12.7. The van der Waals surface area contributed by atoms with Crippen LogP contribution in [-0.2, 0) is 0 Å². The highest BCUT2D eigenvalue weighted by Gasteiger charge is 2.61. The van der Waals surface area contributed by atoms with Crippen LogP contribution in [0, 0.1) is 46.3 Å². The predicted octanol–water partition coefficient (Wildman–Crippen LogP) is 6.74. The fourth-order valence-corrected chi connectivity index (χ4v) is 9.19. The van der Waals surface area contributed by atoms with Crippen molar-refractivity contribution >= 4 is 0 Å². The molecule has 0 aliphatic heterocycles. The van der Waals surface area contributed by atoms with Gasteiger partial charge < -0.3 is 10.2 Å². The van der Waals surface area contributed by atoms with Crippen LogP contribution in [0.3, 0.4) is 0 Å². The van der Waals surface area contributed by atoms with E-state index in [9.17, 15) is 23.4 Å². The van der Waals surface area contributed by atoms with Crippen LogP contribution in [0.1, 0.15) is 98.3 Å². The minimum Gasteiger partial charge on any atom is -0.390 e. The summed E-state index contributed by atoms with van der Waals surface area (Å²) in [5.41, 5.74) is 0.0647. The van der Waals surface area contributed by atoms with Gasteiger partial charge in [-0.25, -0.2) is 0 Å². The molecule has 0 spiro atoms. The molecule has 4 aliphatic carbocycles. The first-order valence-electron chi connectivity index (χ1n) is 12.7. The summed E-state index contributed by atoms with van der Waals surface area (Å²) < 4.78 is 38.3. The highest BCUT2D eigenvalue weighted by Crippen LogP contribution is 2.68. The first-order valence-corrected chi connectivity index (χ1v) is 12.7. The Hall–Kier alpha value is -0.290. The van der Waals surface area contributed by atoms with Gasteiger partial charge >= 0.3 is 6.18 Å². The quantitative estimate of drug-likeness (QED) is 0.504. The average Bonchev–Trinajstić information content (AvgIpc) is 3.02. The second kappa shape index (κ2) is 7.89. The van der Waals surface area contributed by atoms with Gasteiger partial charge in [-0.1, -0.05) is 20.8 Å². The molecule has 31 heavy (non-hydrogen) atoms. The van der Waals surface area contributed by atoms with Gasteiger partial charge in [-0.2, -0.15) is 13.2 Å². The molecule has 10 unspecified atom stereocenters. The number of hydrogen-bond acceptors (Lipinski definition) is 2. The number of rotatable bonds is 4. The minimum atomic E-state index is -4.50. The monoisotopic (exact) mass is 444 g/mol. The second-order valence-corrected chi connectivity index (χ2v) is 12.7. The molecule has 2 N–H and O–H groups in total. The van der Waals surface area contributed by atoms with Crippen molar-refractivity contribution < 1.29 is 23.4 Å². The van der Waals surface area contributed by atoms with Gasteiger partial charge in [0.05, 0.1) is 5.60 Å². The van der Waals surface area contributed by atoms with E-state index in [-0.39, 0.29) is 17.8 Å². The third-order valence-corrected chi connectivity index (χ3v) is 11.0. The van der Waals surface area contributed by atoms with Gasteiger partial charge in [0.1, 0.15) is 6.10 Å². The molecule has 0 heterocycles. The highest BCUT2D eigenvalue weighted by atomic mass is 19.4. The summed E-state index contributed by atoms with van der Waals surface area (Å²) >= 11 is 0. The number of alkyl halides is 3. The van der Waals surface area contributed by atoms with Gasteiger partial charge in [-0.05, 0) is 124 Å². The van der Waals surface area contributed by atoms with E-state index in [0.29, 0.717) is 29.6 Å². The zero-order valence-electron chi connectivity index (χ0n) is 19.8. The Kier molecular flexibility index (Phi) is 6.07. The molecule has 0 aromatic heterocycles. The summed E-state index contributed by atoms with van der Waals surface area (Å²) in [4.78, 5) is 0. The molecule has 180 valence electrons. The molecule has 4 rings (SSSR count). The predicted molar refractivity (Wildman–Crippen MR) is 116 cm³/mol. The molecular weight excluding hydrogens is 401 g/mol. The van der Waals surface area contributed by atoms with Crippen molar-refractivity contribution in [3.63, 3.8) is 0 Å². The molecule has 10 atom stereocenters. The zero-order valence-corrected chi connectivity index (χ0v) is 19.8. The van der Waals surface area contributed by atoms with Crippen LogP contribution in [0.5, 0.6) is 0 Å². The normalized spacial score (nSPS) is 49.6. The molecule has 0 bridgehead atoms. The van der Waals surface area contributed by atoms with Gasteiger partial charge in [-0.15, -0.1) is 0 Å². The number of hydrogen-bond donors (Lipinski definition) is 2. The van der Waals surface area contributed by atoms with Crippen LogP contribution in [0.4, 0.5) is 13.2 Å². The van der Waals surface area contributed by atoms with Crippen LogP contribution in [0.2, 0.25) is 0 Å². The zero-order chi connectivity index (χ0) is 22.8. The first-order chi connectivity index (χ1) is 14.3. The number of fused-ring (bicyclic) bond motifs is 5. The molecule has 5 heteroatoms. The Morgan fingerprint density at radius 2 is 1.55 bits per heavy atom. The third kappa shape index (κ3) is 4.09. The van der Waals surface area contributed by atoms with E-state index in [4.69, 9.17) is 0 Å². The molecule has 4 saturated carbocycles. The highest BCUT2D eigenvalue weighted by molar-refractivity contribution is 5.10. The summed E-state index contributed by atoms with van der Waals surface area (Å²) in [7, 11) is 0. The maximum atomic E-state index is 12.8. The average molecular weight is 445 g/mol. The van der Waals surface area contributed by atoms with Crippen molar-refractivity contribution in [3.05, 3.63) is 0 Å². The summed E-state index contributed by atoms with van der Waals surface area (Å²) in [5.74, 6) is 3.48. The van der Waals surface area contributed by atoms with E-state index in [1.54, 1.807) is 0 Å². The number of aliphatic hydroxyl groups is 2. The fraction of sp³-hybridized carbons (Fsp3) is 1.00. The van der Waals surface area contributed by atoms with Crippen LogP contribution in [0.15, 0.2) is 0 Å². The molecule has 0 amide bonds. The Labute approximate surface area is 186 Å². The Morgan fingerprint density at radius 1 is 0.871 bits per heavy atom. The topological polar surface area (TPSA) is 40.5 Å². The molecule has 0 aromatic rings. The van der Waals surface area contributed by atoms with E-state index in [0.717, 1.165) is 37.5 Å². The lowest BCUT2D eigenvalue weighted by atomic mass is 9.43. The lowest BCUT2D eigenvalue weighted by Crippen LogP contribution is -2.55. The Balaban J connectivity index is 1.45. The summed E-state index contributed by atoms with van der Waals surface area (Å²) in [5, 5.41) is 20.1. The van der Waals surface area contributed by atoms with Gasteiger partial charge in [-0.3, -0.25) is 0 Å². The number of aliphatic hydroxyl groups excluding tert-OH is 1. The lowest BCUT2D eigenvalue weighted by Gasteiger charge is -2.62. The van der Waals surface area contributed by atoms with Crippen LogP contribution in [-0.4, -0.2) is 28.1 Å². The smallest absolute Gasteiger partial charge is 0.390 e. The largest absolute Gasteiger partial charge is 0.414 e. The van der Waals surface area contributed by atoms with Gasteiger partial charge in [0, 0.05) is 0 Å². The van der Waals surface area contributed by atoms with Crippen molar-refractivity contribution in [2.45, 2.75) is 116 Å². The standard InChI is InChI=1S/C26H43F3O2/c1-16(5-10-22(30)26(27,28)29)19-8-9-20-18-7-6-17-15-23(2,31)13-14-24(17,3)21(18)11-12-25(19,20)4/h16-22,30-31H,5-15H2,1-4H3. The van der Waals surface area contributed by atoms with E-state index in [1.807, 2.05) is 6.92 Å². The van der Waals surface area contributed by atoms with Gasteiger partial charge in [0.2, 0.25) is 0 Å². The molecule has 0 radical (unpaired) electrons. The molecule has 0 saturated heterocycles. The maximum Gasteiger partial charge on any atom is 0.414 e. The fourth-order valence-electron chi connectivity index (χ4n) is 9.19. The Bertz CT molecular complexity index is 662. The lowest BCUT2D eigenvalue weighted by molar-refractivity contribution is -0.206. The summed E-state index contributed by atoms with van der Waals surface area (Å²) in [6, 6.07) is 0. The van der Waals surface area contributed by atoms with Crippen molar-refractivity contribution in [1.82, 2.24) is 0 Å². The molecule has 4 fully saturated rings. The molecule has 0 aromatic carbocycles. The minimum absolute atomic E-state index is 0.173. The maximum absolute atomic E-state index is 12.8. The van der Waals surface area contributed by atoms with Crippen molar-refractivity contribution in [2.75, 3.05) is 0 Å². The Morgan fingerprint density at radius 3 is 2.23 bits per heavy atom. The van der Waals surface area contributed by atoms with Crippen molar-refractivity contribution in [2.24, 2.45) is 46.3 Å². The van der Waals surface area contributed by atoms with E-state index in [2.05, 4.69) is 20.8 Å². The van der Waals surface area contributed by atoms with Crippen LogP contribution >= 0.6 is 0 Å². The third-order valence-electron chi connectivity index (χ3n) is 11.0. The van der Waals surface area contributed by atoms with E-state index >= 15 is 0 Å². The van der Waals surface area contributed by atoms with Crippen LogP contribution in [0.25, 0.3) is 0 Å². The first kappa shape index (κ1) is 23.9. The number of halogens is 3. The molecule has 4 aliphatic rings. The SMILES string of the molecule is CC(CCC(O)C(F)(F)F)C1CCC2C3CCC4CC(C)(O)CCC4(C)C3CCC12C. The van der Waals surface area contributed by atoms with Gasteiger partial charge in [0.25, 0.3) is 0 Å². The summed E-state index contributed by atoms with van der Waals surface area (Å²) in [6.45, 7) is 9.06. The van der Waals surface area contributed by atoms with E-state index < -0.39 is 17.9 Å².